The molecule has 3 N–H and O–H groups in total. The molecular weight excluding hydrogens is 423 g/mol. The number of rotatable bonds is 12. The van der Waals surface area contributed by atoms with Crippen LogP contribution in [-0.4, -0.2) is 46.8 Å². The average Bonchev–Trinajstić information content (AvgIpc) is 2.76. The van der Waals surface area contributed by atoms with Crippen LogP contribution in [0, 0.1) is 5.82 Å². The highest BCUT2D eigenvalue weighted by Gasteiger charge is 2.18. The lowest BCUT2D eigenvalue weighted by Gasteiger charge is -2.17. The number of carboxylic acid groups (broad SMARTS) is 1. The van der Waals surface area contributed by atoms with Crippen molar-refractivity contribution in [1.82, 2.24) is 15.3 Å². The number of nitrogens with zero attached hydrogens (tertiary/aromatic N) is 2. The SMILES string of the molecule is O=C(O)[C@@H](CCOCCCCc1ccc2c(n1)NCCC2)NCc1c(F)cncc1Cl. The summed E-state index contributed by atoms with van der Waals surface area (Å²) in [6, 6.07) is 3.40. The smallest absolute Gasteiger partial charge is 0.320 e. The second kappa shape index (κ2) is 11.9. The lowest BCUT2D eigenvalue weighted by Crippen LogP contribution is -2.37. The van der Waals surface area contributed by atoms with Gasteiger partial charge in [-0.3, -0.25) is 9.78 Å². The Morgan fingerprint density at radius 3 is 3.00 bits per heavy atom. The van der Waals surface area contributed by atoms with Crippen LogP contribution in [0.2, 0.25) is 5.02 Å². The van der Waals surface area contributed by atoms with Gasteiger partial charge in [-0.25, -0.2) is 9.37 Å². The number of anilines is 1. The zero-order valence-electron chi connectivity index (χ0n) is 17.4. The second-order valence-electron chi connectivity index (χ2n) is 7.55. The number of aliphatic carboxylic acids is 1. The molecule has 3 heterocycles. The standard InChI is InChI=1S/C22H28ClFN4O3/c23-18-13-25-14-19(24)17(18)12-27-20(22(29)30)8-11-31-10-2-1-5-16-7-6-15-4-3-9-26-21(15)28-16/h6-7,13-14,20,27H,1-5,8-12H2,(H,26,28)(H,29,30)/t20-/m1/s1. The molecule has 2 aromatic rings. The summed E-state index contributed by atoms with van der Waals surface area (Å²) >= 11 is 5.92. The Morgan fingerprint density at radius 1 is 1.32 bits per heavy atom. The van der Waals surface area contributed by atoms with E-state index in [0.29, 0.717) is 13.2 Å². The first-order valence-electron chi connectivity index (χ1n) is 10.6. The predicted octanol–water partition coefficient (Wildman–Crippen LogP) is 3.60. The fourth-order valence-corrected chi connectivity index (χ4v) is 3.68. The van der Waals surface area contributed by atoms with Crippen LogP contribution in [-0.2, 0) is 28.9 Å². The Hall–Kier alpha value is -2.29. The van der Waals surface area contributed by atoms with E-state index in [1.54, 1.807) is 0 Å². The Bertz CT molecular complexity index is 864. The number of carboxylic acids is 1. The van der Waals surface area contributed by atoms with Gasteiger partial charge in [-0.2, -0.15) is 0 Å². The van der Waals surface area contributed by atoms with Crippen molar-refractivity contribution >= 4 is 23.4 Å². The highest BCUT2D eigenvalue weighted by Crippen LogP contribution is 2.20. The normalized spacial score (nSPS) is 14.0. The van der Waals surface area contributed by atoms with Crippen LogP contribution in [0.25, 0.3) is 0 Å². The van der Waals surface area contributed by atoms with Gasteiger partial charge in [0.1, 0.15) is 17.7 Å². The maximum absolute atomic E-state index is 13.8. The van der Waals surface area contributed by atoms with Crippen LogP contribution in [0.3, 0.4) is 0 Å². The molecule has 31 heavy (non-hydrogen) atoms. The van der Waals surface area contributed by atoms with Gasteiger partial charge in [0.05, 0.1) is 11.2 Å². The molecule has 1 atom stereocenters. The highest BCUT2D eigenvalue weighted by atomic mass is 35.5. The van der Waals surface area contributed by atoms with Crippen molar-refractivity contribution in [2.45, 2.75) is 51.1 Å². The first kappa shape index (κ1) is 23.4. The maximum atomic E-state index is 13.8. The van der Waals surface area contributed by atoms with Crippen molar-refractivity contribution in [1.29, 1.82) is 0 Å². The molecule has 1 aliphatic heterocycles. The van der Waals surface area contributed by atoms with Crippen molar-refractivity contribution in [2.24, 2.45) is 0 Å². The number of halogens is 2. The monoisotopic (exact) mass is 450 g/mol. The number of unbranched alkanes of at least 4 members (excludes halogenated alkanes) is 1. The molecule has 0 aliphatic carbocycles. The summed E-state index contributed by atoms with van der Waals surface area (Å²) in [4.78, 5) is 19.8. The van der Waals surface area contributed by atoms with E-state index >= 15 is 0 Å². The van der Waals surface area contributed by atoms with E-state index in [1.165, 1.54) is 11.8 Å². The second-order valence-corrected chi connectivity index (χ2v) is 7.96. The number of nitrogens with one attached hydrogen (secondary N) is 2. The van der Waals surface area contributed by atoms with Gasteiger partial charge in [-0.05, 0) is 50.2 Å². The van der Waals surface area contributed by atoms with Crippen LogP contribution in [0.1, 0.15) is 42.5 Å². The zero-order valence-corrected chi connectivity index (χ0v) is 18.1. The molecule has 1 aliphatic rings. The van der Waals surface area contributed by atoms with E-state index in [9.17, 15) is 14.3 Å². The summed E-state index contributed by atoms with van der Waals surface area (Å²) in [5.74, 6) is -0.564. The summed E-state index contributed by atoms with van der Waals surface area (Å²) in [6.07, 6.45) is 7.60. The molecule has 168 valence electrons. The van der Waals surface area contributed by atoms with Gasteiger partial charge in [-0.1, -0.05) is 17.7 Å². The molecule has 0 bridgehead atoms. The maximum Gasteiger partial charge on any atom is 0.320 e. The van der Waals surface area contributed by atoms with Gasteiger partial charge in [0.2, 0.25) is 0 Å². The van der Waals surface area contributed by atoms with E-state index in [2.05, 4.69) is 32.7 Å². The molecule has 0 unspecified atom stereocenters. The number of ether oxygens (including phenoxy) is 1. The van der Waals surface area contributed by atoms with Crippen LogP contribution >= 0.6 is 11.6 Å². The number of fused-ring (bicyclic) bond motifs is 1. The minimum atomic E-state index is -1.01. The van der Waals surface area contributed by atoms with Crippen LogP contribution in [0.5, 0.6) is 0 Å². The van der Waals surface area contributed by atoms with E-state index in [1.807, 2.05) is 0 Å². The largest absolute Gasteiger partial charge is 0.480 e. The summed E-state index contributed by atoms with van der Waals surface area (Å²) in [5, 5.41) is 15.7. The van der Waals surface area contributed by atoms with E-state index < -0.39 is 17.8 Å². The third kappa shape index (κ3) is 7.12. The van der Waals surface area contributed by atoms with Gasteiger partial charge in [-0.15, -0.1) is 0 Å². The van der Waals surface area contributed by atoms with Crippen molar-refractivity contribution in [2.75, 3.05) is 25.1 Å². The zero-order chi connectivity index (χ0) is 22.1. The quantitative estimate of drug-likeness (QED) is 0.425. The molecule has 0 fully saturated rings. The Balaban J connectivity index is 1.32. The molecule has 2 aromatic heterocycles. The molecule has 7 nitrogen and oxygen atoms in total. The molecule has 0 amide bonds. The van der Waals surface area contributed by atoms with Crippen molar-refractivity contribution in [3.63, 3.8) is 0 Å². The van der Waals surface area contributed by atoms with Gasteiger partial charge >= 0.3 is 5.97 Å². The van der Waals surface area contributed by atoms with Crippen molar-refractivity contribution in [3.05, 3.63) is 52.2 Å². The van der Waals surface area contributed by atoms with E-state index in [4.69, 9.17) is 16.3 Å². The van der Waals surface area contributed by atoms with Gasteiger partial charge < -0.3 is 20.5 Å². The summed E-state index contributed by atoms with van der Waals surface area (Å²) < 4.78 is 19.4. The van der Waals surface area contributed by atoms with Crippen LogP contribution < -0.4 is 10.6 Å². The number of pyridine rings is 2. The molecule has 0 aromatic carbocycles. The first-order chi connectivity index (χ1) is 15.0. The molecule has 0 saturated heterocycles. The highest BCUT2D eigenvalue weighted by molar-refractivity contribution is 6.31. The third-order valence-corrected chi connectivity index (χ3v) is 5.58. The molecule has 9 heteroatoms. The van der Waals surface area contributed by atoms with E-state index in [0.717, 1.165) is 56.4 Å². The summed E-state index contributed by atoms with van der Waals surface area (Å²) in [7, 11) is 0. The first-order valence-corrected chi connectivity index (χ1v) is 11.0. The summed E-state index contributed by atoms with van der Waals surface area (Å²) in [6.45, 7) is 1.85. The van der Waals surface area contributed by atoms with Crippen LogP contribution in [0.4, 0.5) is 10.2 Å². The lowest BCUT2D eigenvalue weighted by atomic mass is 10.1. The Kier molecular flexibility index (Phi) is 8.99. The number of hydrogen-bond acceptors (Lipinski definition) is 6. The number of aryl methyl sites for hydroxylation is 2. The van der Waals surface area contributed by atoms with Crippen molar-refractivity contribution in [3.8, 4) is 0 Å². The van der Waals surface area contributed by atoms with Crippen LogP contribution in [0.15, 0.2) is 24.5 Å². The molecule has 0 radical (unpaired) electrons. The average molecular weight is 451 g/mol. The minimum absolute atomic E-state index is 0.00673. The van der Waals surface area contributed by atoms with Gasteiger partial charge in [0.25, 0.3) is 0 Å². The Labute approximate surface area is 186 Å². The molecule has 0 saturated carbocycles. The molecular formula is C22H28ClFN4O3. The molecule has 3 rings (SSSR count). The topological polar surface area (TPSA) is 96.4 Å². The van der Waals surface area contributed by atoms with Gasteiger partial charge in [0.15, 0.2) is 0 Å². The van der Waals surface area contributed by atoms with Gasteiger partial charge in [0, 0.05) is 43.8 Å². The number of carbonyl (C=O) groups is 1. The minimum Gasteiger partial charge on any atom is -0.480 e. The van der Waals surface area contributed by atoms with Crippen molar-refractivity contribution < 1.29 is 19.0 Å². The number of aromatic nitrogens is 2. The fourth-order valence-electron chi connectivity index (χ4n) is 3.47. The fraction of sp³-hybridized carbons (Fsp3) is 0.500. The predicted molar refractivity (Wildman–Crippen MR) is 117 cm³/mol. The molecule has 0 spiro atoms. The third-order valence-electron chi connectivity index (χ3n) is 5.25. The van der Waals surface area contributed by atoms with E-state index in [-0.39, 0.29) is 23.6 Å². The summed E-state index contributed by atoms with van der Waals surface area (Å²) in [5.41, 5.74) is 2.56. The Morgan fingerprint density at radius 2 is 2.19 bits per heavy atom. The lowest BCUT2D eigenvalue weighted by molar-refractivity contribution is -0.140. The number of hydrogen-bond donors (Lipinski definition) is 3.